The van der Waals surface area contributed by atoms with Gasteiger partial charge in [-0.25, -0.2) is 4.98 Å². The lowest BCUT2D eigenvalue weighted by Crippen LogP contribution is -2.46. The van der Waals surface area contributed by atoms with Crippen LogP contribution < -0.4 is 0 Å². The van der Waals surface area contributed by atoms with Crippen LogP contribution in [0.3, 0.4) is 0 Å². The van der Waals surface area contributed by atoms with Crippen LogP contribution in [0.5, 0.6) is 0 Å². The van der Waals surface area contributed by atoms with E-state index in [0.29, 0.717) is 18.0 Å². The van der Waals surface area contributed by atoms with Crippen LogP contribution in [0.25, 0.3) is 0 Å². The average Bonchev–Trinajstić information content (AvgIpc) is 2.89. The number of halogens is 1. The van der Waals surface area contributed by atoms with Crippen LogP contribution in [0.15, 0.2) is 5.38 Å². The molecule has 0 aliphatic carbocycles. The molecular weight excluding hydrogens is 278 g/mol. The first-order valence-electron chi connectivity index (χ1n) is 7.06. The Labute approximate surface area is 125 Å². The van der Waals surface area contributed by atoms with Crippen molar-refractivity contribution in [2.24, 2.45) is 0 Å². The van der Waals surface area contributed by atoms with Gasteiger partial charge in [0.25, 0.3) is 0 Å². The van der Waals surface area contributed by atoms with Gasteiger partial charge in [0.05, 0.1) is 17.6 Å². The topological polar surface area (TPSA) is 19.4 Å². The van der Waals surface area contributed by atoms with Crippen molar-refractivity contribution in [1.82, 2.24) is 14.8 Å². The summed E-state index contributed by atoms with van der Waals surface area (Å²) in [5, 5.41) is 3.33. The molecular formula is C14H24ClN3S. The number of thiazole rings is 1. The van der Waals surface area contributed by atoms with E-state index in [2.05, 4.69) is 41.2 Å². The van der Waals surface area contributed by atoms with Crippen molar-refractivity contribution in [3.63, 3.8) is 0 Å². The molecule has 0 amide bonds. The van der Waals surface area contributed by atoms with E-state index < -0.39 is 0 Å². The summed E-state index contributed by atoms with van der Waals surface area (Å²) in [4.78, 5) is 9.63. The Kier molecular flexibility index (Phi) is 5.63. The Morgan fingerprint density at radius 3 is 2.95 bits per heavy atom. The molecule has 2 atom stereocenters. The number of likely N-dealkylation sites (N-methyl/N-ethyl adjacent to an activating group) is 1. The van der Waals surface area contributed by atoms with E-state index in [1.807, 2.05) is 0 Å². The maximum atomic E-state index is 5.86. The second kappa shape index (κ2) is 7.02. The predicted octanol–water partition coefficient (Wildman–Crippen LogP) is 3.36. The van der Waals surface area contributed by atoms with Crippen molar-refractivity contribution in [1.29, 1.82) is 0 Å². The van der Waals surface area contributed by atoms with E-state index in [1.54, 1.807) is 11.3 Å². The number of rotatable bonds is 5. The highest BCUT2D eigenvalue weighted by molar-refractivity contribution is 7.09. The fraction of sp³-hybridized carbons (Fsp3) is 0.786. The number of aromatic nitrogens is 1. The van der Waals surface area contributed by atoms with Crippen molar-refractivity contribution in [2.45, 2.75) is 44.1 Å². The van der Waals surface area contributed by atoms with Crippen molar-refractivity contribution in [3.8, 4) is 0 Å². The number of hydrogen-bond donors (Lipinski definition) is 0. The van der Waals surface area contributed by atoms with Gasteiger partial charge >= 0.3 is 0 Å². The second-order valence-corrected chi connectivity index (χ2v) is 6.65. The molecule has 1 aromatic rings. The van der Waals surface area contributed by atoms with E-state index in [9.17, 15) is 0 Å². The van der Waals surface area contributed by atoms with Crippen LogP contribution in [-0.4, -0.2) is 48.0 Å². The quantitative estimate of drug-likeness (QED) is 0.778. The number of nitrogens with zero attached hydrogens (tertiary/aromatic N) is 3. The molecule has 5 heteroatoms. The highest BCUT2D eigenvalue weighted by atomic mass is 35.5. The minimum Gasteiger partial charge on any atom is -0.305 e. The summed E-state index contributed by atoms with van der Waals surface area (Å²) in [6.45, 7) is 4.60. The number of piperidine rings is 1. The Morgan fingerprint density at radius 2 is 2.37 bits per heavy atom. The van der Waals surface area contributed by atoms with Crippen molar-refractivity contribution in [3.05, 3.63) is 16.1 Å². The summed E-state index contributed by atoms with van der Waals surface area (Å²) < 4.78 is 0. The SMILES string of the molecule is CCC(c1nc(CCl)cs1)N1CCCC(N(C)C)C1. The highest BCUT2D eigenvalue weighted by Gasteiger charge is 2.28. The summed E-state index contributed by atoms with van der Waals surface area (Å²) in [5.74, 6) is 0.521. The minimum absolute atomic E-state index is 0.463. The Bertz CT molecular complexity index is 394. The van der Waals surface area contributed by atoms with Crippen LogP contribution >= 0.6 is 22.9 Å². The predicted molar refractivity (Wildman–Crippen MR) is 83.0 cm³/mol. The first-order chi connectivity index (χ1) is 9.15. The molecule has 1 fully saturated rings. The Hall–Kier alpha value is -0.160. The minimum atomic E-state index is 0.463. The van der Waals surface area contributed by atoms with Gasteiger partial charge in [-0.1, -0.05) is 6.92 Å². The zero-order valence-corrected chi connectivity index (χ0v) is 13.7. The molecule has 19 heavy (non-hydrogen) atoms. The van der Waals surface area contributed by atoms with Crippen LogP contribution in [0.2, 0.25) is 0 Å². The molecule has 0 bridgehead atoms. The summed E-state index contributed by atoms with van der Waals surface area (Å²) in [7, 11) is 4.37. The Balaban J connectivity index is 2.08. The van der Waals surface area contributed by atoms with E-state index in [-0.39, 0.29) is 0 Å². The third kappa shape index (κ3) is 3.69. The van der Waals surface area contributed by atoms with Gasteiger partial charge in [-0.15, -0.1) is 22.9 Å². The van der Waals surface area contributed by atoms with Gasteiger partial charge in [-0.05, 0) is 39.9 Å². The van der Waals surface area contributed by atoms with Crippen molar-refractivity contribution >= 4 is 22.9 Å². The summed E-state index contributed by atoms with van der Waals surface area (Å²) in [6.07, 6.45) is 3.72. The lowest BCUT2D eigenvalue weighted by atomic mass is 10.0. The van der Waals surface area contributed by atoms with Gasteiger partial charge in [-0.3, -0.25) is 4.90 Å². The highest BCUT2D eigenvalue weighted by Crippen LogP contribution is 2.30. The number of alkyl halides is 1. The molecule has 0 saturated carbocycles. The van der Waals surface area contributed by atoms with Crippen molar-refractivity contribution in [2.75, 3.05) is 27.2 Å². The maximum absolute atomic E-state index is 5.86. The lowest BCUT2D eigenvalue weighted by molar-refractivity contribution is 0.0935. The third-order valence-corrected chi connectivity index (χ3v) is 5.25. The molecule has 3 nitrogen and oxygen atoms in total. The van der Waals surface area contributed by atoms with Gasteiger partial charge in [0.15, 0.2) is 0 Å². The summed E-state index contributed by atoms with van der Waals surface area (Å²) in [5.41, 5.74) is 1.02. The molecule has 2 unspecified atom stereocenters. The van der Waals surface area contributed by atoms with Crippen LogP contribution in [-0.2, 0) is 5.88 Å². The zero-order valence-electron chi connectivity index (χ0n) is 12.1. The van der Waals surface area contributed by atoms with Gasteiger partial charge < -0.3 is 4.90 Å². The van der Waals surface area contributed by atoms with Gasteiger partial charge in [0.2, 0.25) is 0 Å². The van der Waals surface area contributed by atoms with Crippen LogP contribution in [0.1, 0.15) is 42.9 Å². The van der Waals surface area contributed by atoms with E-state index in [1.165, 1.54) is 24.4 Å². The molecule has 0 N–H and O–H groups in total. The molecule has 2 heterocycles. The zero-order chi connectivity index (χ0) is 13.8. The summed E-state index contributed by atoms with van der Waals surface area (Å²) >= 11 is 7.62. The Morgan fingerprint density at radius 1 is 1.58 bits per heavy atom. The molecule has 1 aliphatic rings. The van der Waals surface area contributed by atoms with Crippen molar-refractivity contribution < 1.29 is 0 Å². The first kappa shape index (κ1) is 15.2. The normalized spacial score (nSPS) is 22.9. The second-order valence-electron chi connectivity index (χ2n) is 5.49. The van der Waals surface area contributed by atoms with Crippen LogP contribution in [0, 0.1) is 0 Å². The average molecular weight is 302 g/mol. The number of hydrogen-bond acceptors (Lipinski definition) is 4. The van der Waals surface area contributed by atoms with Crippen LogP contribution in [0.4, 0.5) is 0 Å². The monoisotopic (exact) mass is 301 g/mol. The van der Waals surface area contributed by atoms with E-state index in [0.717, 1.165) is 18.7 Å². The fourth-order valence-electron chi connectivity index (χ4n) is 2.81. The summed E-state index contributed by atoms with van der Waals surface area (Å²) in [6, 6.07) is 1.14. The molecule has 2 rings (SSSR count). The maximum Gasteiger partial charge on any atom is 0.110 e. The molecule has 108 valence electrons. The molecule has 1 aliphatic heterocycles. The molecule has 0 aromatic carbocycles. The van der Waals surface area contributed by atoms with E-state index in [4.69, 9.17) is 11.6 Å². The molecule has 1 saturated heterocycles. The first-order valence-corrected chi connectivity index (χ1v) is 8.47. The third-order valence-electron chi connectivity index (χ3n) is 3.98. The smallest absolute Gasteiger partial charge is 0.110 e. The molecule has 0 radical (unpaired) electrons. The number of likely N-dealkylation sites (tertiary alicyclic amines) is 1. The van der Waals surface area contributed by atoms with E-state index >= 15 is 0 Å². The fourth-order valence-corrected chi connectivity index (χ4v) is 4.08. The van der Waals surface area contributed by atoms with Gasteiger partial charge in [-0.2, -0.15) is 0 Å². The molecule has 1 aromatic heterocycles. The molecule has 0 spiro atoms. The standard InChI is InChI=1S/C14H24ClN3S/c1-4-13(14-16-11(8-15)10-19-14)18-7-5-6-12(9-18)17(2)3/h10,12-13H,4-9H2,1-3H3. The lowest BCUT2D eigenvalue weighted by Gasteiger charge is -2.39. The van der Waals surface area contributed by atoms with Gasteiger partial charge in [0.1, 0.15) is 5.01 Å². The largest absolute Gasteiger partial charge is 0.305 e. The van der Waals surface area contributed by atoms with Gasteiger partial charge in [0, 0.05) is 18.0 Å².